The summed E-state index contributed by atoms with van der Waals surface area (Å²) >= 11 is 6.49. The standard InChI is InChI=1S/C24H21F3N2O2S2/c1-16(14-17-8-3-2-4-9-17)15-20-22(31)29(23(32)33-20)13-7-12-21(30)28-19-11-6-5-10-18(19)24(25,26)27/h2-6,8-11,14-15H,7,12-13H2,1H3,(H,28,30). The van der Waals surface area contributed by atoms with Crippen molar-refractivity contribution in [2.45, 2.75) is 25.9 Å². The minimum absolute atomic E-state index is 0.0464. The molecule has 4 nitrogen and oxygen atoms in total. The fraction of sp³-hybridized carbons (Fsp3) is 0.208. The lowest BCUT2D eigenvalue weighted by atomic mass is 10.1. The molecule has 1 fully saturated rings. The van der Waals surface area contributed by atoms with Gasteiger partial charge < -0.3 is 5.32 Å². The number of nitrogens with zero attached hydrogens (tertiary/aromatic N) is 1. The van der Waals surface area contributed by atoms with Crippen LogP contribution in [0, 0.1) is 0 Å². The van der Waals surface area contributed by atoms with Gasteiger partial charge in [0.1, 0.15) is 4.32 Å². The van der Waals surface area contributed by atoms with Crippen LogP contribution < -0.4 is 5.32 Å². The summed E-state index contributed by atoms with van der Waals surface area (Å²) in [5.41, 5.74) is 0.716. The fourth-order valence-corrected chi connectivity index (χ4v) is 4.56. The summed E-state index contributed by atoms with van der Waals surface area (Å²) in [5.74, 6) is -0.803. The molecule has 2 aromatic carbocycles. The van der Waals surface area contributed by atoms with Crippen LogP contribution in [0.1, 0.15) is 30.9 Å². The van der Waals surface area contributed by atoms with E-state index in [1.165, 1.54) is 34.9 Å². The molecule has 1 N–H and O–H groups in total. The van der Waals surface area contributed by atoms with Gasteiger partial charge in [-0.25, -0.2) is 0 Å². The number of carbonyl (C=O) groups excluding carboxylic acids is 2. The smallest absolute Gasteiger partial charge is 0.326 e. The second-order valence-electron chi connectivity index (χ2n) is 7.33. The minimum atomic E-state index is -4.56. The molecule has 9 heteroatoms. The molecule has 0 atom stereocenters. The van der Waals surface area contributed by atoms with E-state index in [-0.39, 0.29) is 31.0 Å². The van der Waals surface area contributed by atoms with Crippen LogP contribution in [-0.4, -0.2) is 27.6 Å². The molecule has 0 saturated carbocycles. The molecule has 0 unspecified atom stereocenters. The summed E-state index contributed by atoms with van der Waals surface area (Å²) in [4.78, 5) is 26.8. The Hall–Kier alpha value is -2.91. The van der Waals surface area contributed by atoms with Crippen LogP contribution in [0.15, 0.2) is 71.2 Å². The number of thiocarbonyl (C=S) groups is 1. The van der Waals surface area contributed by atoms with E-state index in [9.17, 15) is 22.8 Å². The van der Waals surface area contributed by atoms with Crippen molar-refractivity contribution in [1.82, 2.24) is 4.90 Å². The van der Waals surface area contributed by atoms with Crippen LogP contribution in [-0.2, 0) is 15.8 Å². The van der Waals surface area contributed by atoms with Gasteiger partial charge in [0.05, 0.1) is 16.2 Å². The third-order valence-corrected chi connectivity index (χ3v) is 6.10. The molecule has 2 amide bonds. The number of amides is 2. The number of alkyl halides is 3. The van der Waals surface area contributed by atoms with Gasteiger partial charge in [0.25, 0.3) is 5.91 Å². The van der Waals surface area contributed by atoms with E-state index in [2.05, 4.69) is 5.32 Å². The molecule has 1 aliphatic rings. The van der Waals surface area contributed by atoms with Crippen LogP contribution in [0.25, 0.3) is 6.08 Å². The SMILES string of the molecule is CC(=Cc1ccccc1)C=C1SC(=S)N(CCCC(=O)Nc2ccccc2C(F)(F)F)C1=O. The van der Waals surface area contributed by atoms with Gasteiger partial charge in [-0.2, -0.15) is 13.2 Å². The molecule has 0 radical (unpaired) electrons. The van der Waals surface area contributed by atoms with Crippen LogP contribution in [0.2, 0.25) is 0 Å². The molecule has 0 aliphatic carbocycles. The van der Waals surface area contributed by atoms with Gasteiger partial charge in [0, 0.05) is 13.0 Å². The summed E-state index contributed by atoms with van der Waals surface area (Å²) < 4.78 is 39.6. The summed E-state index contributed by atoms with van der Waals surface area (Å²) in [6.45, 7) is 2.10. The Morgan fingerprint density at radius 2 is 1.79 bits per heavy atom. The minimum Gasteiger partial charge on any atom is -0.326 e. The molecule has 1 saturated heterocycles. The molecule has 172 valence electrons. The molecular formula is C24H21F3N2O2S2. The van der Waals surface area contributed by atoms with E-state index in [0.29, 0.717) is 9.23 Å². The number of para-hydroxylation sites is 1. The Morgan fingerprint density at radius 1 is 1.12 bits per heavy atom. The highest BCUT2D eigenvalue weighted by atomic mass is 32.2. The first kappa shape index (κ1) is 24.7. The van der Waals surface area contributed by atoms with Crippen LogP contribution in [0.5, 0.6) is 0 Å². The van der Waals surface area contributed by atoms with Crippen molar-refractivity contribution in [3.8, 4) is 0 Å². The first-order valence-electron chi connectivity index (χ1n) is 10.1. The molecule has 0 aromatic heterocycles. The second-order valence-corrected chi connectivity index (χ2v) is 9.00. The predicted molar refractivity (Wildman–Crippen MR) is 129 cm³/mol. The summed E-state index contributed by atoms with van der Waals surface area (Å²) in [6.07, 6.45) is -0.623. The van der Waals surface area contributed by atoms with Crippen molar-refractivity contribution in [3.05, 3.63) is 82.3 Å². The molecule has 1 aliphatic heterocycles. The van der Waals surface area contributed by atoms with Crippen LogP contribution in [0.4, 0.5) is 18.9 Å². The van der Waals surface area contributed by atoms with Crippen molar-refractivity contribution in [2.24, 2.45) is 0 Å². The Bertz CT molecular complexity index is 1110. The molecule has 33 heavy (non-hydrogen) atoms. The van der Waals surface area contributed by atoms with E-state index in [1.54, 1.807) is 6.08 Å². The number of hydrogen-bond acceptors (Lipinski definition) is 4. The van der Waals surface area contributed by atoms with Gasteiger partial charge in [0.2, 0.25) is 5.91 Å². The fourth-order valence-electron chi connectivity index (χ4n) is 3.20. The number of anilines is 1. The maximum absolute atomic E-state index is 13.1. The van der Waals surface area contributed by atoms with E-state index in [4.69, 9.17) is 12.2 Å². The Kier molecular flexibility index (Phi) is 8.10. The Balaban J connectivity index is 1.56. The molecule has 1 heterocycles. The van der Waals surface area contributed by atoms with E-state index in [1.807, 2.05) is 43.3 Å². The third-order valence-electron chi connectivity index (χ3n) is 4.72. The lowest BCUT2D eigenvalue weighted by molar-refractivity contribution is -0.137. The third kappa shape index (κ3) is 6.79. The lowest BCUT2D eigenvalue weighted by Gasteiger charge is -2.15. The largest absolute Gasteiger partial charge is 0.418 e. The normalized spacial score (nSPS) is 15.9. The average Bonchev–Trinajstić information content (AvgIpc) is 3.01. The highest BCUT2D eigenvalue weighted by Crippen LogP contribution is 2.35. The quantitative estimate of drug-likeness (QED) is 0.367. The monoisotopic (exact) mass is 490 g/mol. The Morgan fingerprint density at radius 3 is 2.48 bits per heavy atom. The van der Waals surface area contributed by atoms with Crippen molar-refractivity contribution in [2.75, 3.05) is 11.9 Å². The zero-order valence-electron chi connectivity index (χ0n) is 17.7. The maximum Gasteiger partial charge on any atom is 0.418 e. The topological polar surface area (TPSA) is 49.4 Å². The lowest BCUT2D eigenvalue weighted by Crippen LogP contribution is -2.29. The number of benzene rings is 2. The molecular weight excluding hydrogens is 469 g/mol. The predicted octanol–water partition coefficient (Wildman–Crippen LogP) is 6.27. The number of thioether (sulfide) groups is 1. The summed E-state index contributed by atoms with van der Waals surface area (Å²) in [7, 11) is 0. The highest BCUT2D eigenvalue weighted by Gasteiger charge is 2.34. The Labute approximate surface area is 199 Å². The van der Waals surface area contributed by atoms with Crippen molar-refractivity contribution in [3.63, 3.8) is 0 Å². The first-order chi connectivity index (χ1) is 15.6. The molecule has 0 bridgehead atoms. The van der Waals surface area contributed by atoms with Gasteiger partial charge in [-0.15, -0.1) is 0 Å². The number of carbonyl (C=O) groups is 2. The van der Waals surface area contributed by atoms with Gasteiger partial charge in [-0.3, -0.25) is 14.5 Å². The molecule has 3 rings (SSSR count). The van der Waals surface area contributed by atoms with Gasteiger partial charge in [-0.1, -0.05) is 72.5 Å². The maximum atomic E-state index is 13.1. The highest BCUT2D eigenvalue weighted by molar-refractivity contribution is 8.26. The summed E-state index contributed by atoms with van der Waals surface area (Å²) in [5, 5.41) is 2.30. The van der Waals surface area contributed by atoms with Crippen molar-refractivity contribution < 1.29 is 22.8 Å². The van der Waals surface area contributed by atoms with Crippen LogP contribution in [0.3, 0.4) is 0 Å². The first-order valence-corrected chi connectivity index (χ1v) is 11.3. The van der Waals surface area contributed by atoms with Crippen molar-refractivity contribution in [1.29, 1.82) is 0 Å². The molecule has 0 spiro atoms. The second kappa shape index (κ2) is 10.8. The number of rotatable bonds is 7. The number of allylic oxidation sites excluding steroid dienone is 2. The van der Waals surface area contributed by atoms with Gasteiger partial charge in [-0.05, 0) is 42.7 Å². The van der Waals surface area contributed by atoms with Crippen LogP contribution >= 0.6 is 24.0 Å². The van der Waals surface area contributed by atoms with Crippen molar-refractivity contribution >= 4 is 51.9 Å². The van der Waals surface area contributed by atoms with Gasteiger partial charge in [0.15, 0.2) is 0 Å². The van der Waals surface area contributed by atoms with Gasteiger partial charge >= 0.3 is 6.18 Å². The molecule has 2 aromatic rings. The summed E-state index contributed by atoms with van der Waals surface area (Å²) in [6, 6.07) is 14.5. The zero-order valence-corrected chi connectivity index (χ0v) is 19.3. The number of halogens is 3. The zero-order chi connectivity index (χ0) is 24.0. The number of nitrogens with one attached hydrogen (secondary N) is 1. The number of hydrogen-bond donors (Lipinski definition) is 1. The average molecular weight is 491 g/mol. The van der Waals surface area contributed by atoms with E-state index >= 15 is 0 Å². The van der Waals surface area contributed by atoms with E-state index in [0.717, 1.165) is 17.2 Å². The van der Waals surface area contributed by atoms with E-state index < -0.39 is 17.6 Å².